The fourth-order valence-corrected chi connectivity index (χ4v) is 2.35. The van der Waals surface area contributed by atoms with Crippen molar-refractivity contribution in [2.75, 3.05) is 20.3 Å². The molecule has 1 rings (SSSR count). The van der Waals surface area contributed by atoms with Crippen LogP contribution in [0.2, 0.25) is 0 Å². The van der Waals surface area contributed by atoms with Crippen LogP contribution in [0.4, 0.5) is 4.79 Å². The minimum absolute atomic E-state index is 0.0877. The third-order valence-corrected chi connectivity index (χ3v) is 3.50. The van der Waals surface area contributed by atoms with Crippen molar-refractivity contribution in [3.05, 3.63) is 35.4 Å². The Morgan fingerprint density at radius 3 is 2.52 bits per heavy atom. The van der Waals surface area contributed by atoms with E-state index in [1.54, 1.807) is 7.11 Å². The number of carboxylic acid groups (broad SMARTS) is 1. The number of ether oxygens (including phenoxy) is 1. The van der Waals surface area contributed by atoms with Crippen molar-refractivity contribution in [3.8, 4) is 0 Å². The lowest BCUT2D eigenvalue weighted by molar-refractivity contribution is 0.0565. The van der Waals surface area contributed by atoms with Crippen LogP contribution in [0.15, 0.2) is 24.3 Å². The molecule has 1 aromatic carbocycles. The van der Waals surface area contributed by atoms with Crippen molar-refractivity contribution < 1.29 is 19.7 Å². The maximum atomic E-state index is 11.6. The first kappa shape index (κ1) is 17.5. The van der Waals surface area contributed by atoms with Crippen LogP contribution >= 0.6 is 0 Å². The first-order chi connectivity index (χ1) is 9.99. The van der Waals surface area contributed by atoms with Crippen LogP contribution in [0.5, 0.6) is 0 Å². The zero-order chi connectivity index (χ0) is 15.8. The Hall–Kier alpha value is -1.59. The zero-order valence-corrected chi connectivity index (χ0v) is 13.0. The molecule has 0 bridgehead atoms. The fraction of sp³-hybridized carbons (Fsp3) is 0.562. The fourth-order valence-electron chi connectivity index (χ4n) is 2.35. The number of aliphatic hydroxyl groups excluding tert-OH is 1. The number of nitrogens with zero attached hydrogens (tertiary/aromatic N) is 1. The van der Waals surface area contributed by atoms with Gasteiger partial charge in [0.05, 0.1) is 12.6 Å². The van der Waals surface area contributed by atoms with Crippen molar-refractivity contribution >= 4 is 6.09 Å². The van der Waals surface area contributed by atoms with Gasteiger partial charge in [0.15, 0.2) is 0 Å². The molecule has 0 saturated carbocycles. The minimum atomic E-state index is -0.946. The Labute approximate surface area is 126 Å². The van der Waals surface area contributed by atoms with Crippen molar-refractivity contribution in [2.45, 2.75) is 32.9 Å². The summed E-state index contributed by atoms with van der Waals surface area (Å²) in [7, 11) is 1.58. The second kappa shape index (κ2) is 8.64. The molecular formula is C16H25NO4. The van der Waals surface area contributed by atoms with Crippen LogP contribution in [0.1, 0.15) is 25.0 Å². The van der Waals surface area contributed by atoms with Gasteiger partial charge in [0.1, 0.15) is 0 Å². The SMILES string of the molecule is COC[C@@H](C(C)C)N(Cc1cccc(CCO)c1)C(=O)O. The van der Waals surface area contributed by atoms with Gasteiger partial charge < -0.3 is 14.9 Å². The molecule has 0 radical (unpaired) electrons. The highest BCUT2D eigenvalue weighted by Gasteiger charge is 2.26. The summed E-state index contributed by atoms with van der Waals surface area (Å²) in [6.45, 7) is 4.76. The molecule has 1 aromatic rings. The Balaban J connectivity index is 2.91. The molecule has 0 saturated heterocycles. The molecule has 1 atom stereocenters. The number of carbonyl (C=O) groups is 1. The van der Waals surface area contributed by atoms with Crippen LogP contribution in [0.3, 0.4) is 0 Å². The number of hydrogen-bond donors (Lipinski definition) is 2. The van der Waals surface area contributed by atoms with Crippen LogP contribution in [0, 0.1) is 5.92 Å². The van der Waals surface area contributed by atoms with Gasteiger partial charge in [-0.3, -0.25) is 4.90 Å². The maximum Gasteiger partial charge on any atom is 0.407 e. The molecule has 0 aliphatic carbocycles. The third kappa shape index (κ3) is 5.36. The van der Waals surface area contributed by atoms with E-state index in [2.05, 4.69) is 0 Å². The Morgan fingerprint density at radius 1 is 1.33 bits per heavy atom. The van der Waals surface area contributed by atoms with Crippen LogP contribution in [-0.2, 0) is 17.7 Å². The zero-order valence-electron chi connectivity index (χ0n) is 13.0. The Morgan fingerprint density at radius 2 is 2.00 bits per heavy atom. The van der Waals surface area contributed by atoms with Gasteiger partial charge in [-0.1, -0.05) is 38.1 Å². The van der Waals surface area contributed by atoms with E-state index in [4.69, 9.17) is 9.84 Å². The van der Waals surface area contributed by atoms with Gasteiger partial charge in [-0.05, 0) is 23.5 Å². The molecule has 5 heteroatoms. The average Bonchev–Trinajstić information content (AvgIpc) is 2.43. The first-order valence-electron chi connectivity index (χ1n) is 7.16. The Kier molecular flexibility index (Phi) is 7.19. The van der Waals surface area contributed by atoms with Gasteiger partial charge in [0.2, 0.25) is 0 Å². The van der Waals surface area contributed by atoms with Crippen molar-refractivity contribution in [2.24, 2.45) is 5.92 Å². The molecule has 5 nitrogen and oxygen atoms in total. The summed E-state index contributed by atoms with van der Waals surface area (Å²) in [6, 6.07) is 7.48. The number of rotatable bonds is 8. The van der Waals surface area contributed by atoms with Gasteiger partial charge >= 0.3 is 6.09 Å². The molecule has 0 aromatic heterocycles. The number of benzene rings is 1. The van der Waals surface area contributed by atoms with Crippen LogP contribution in [0.25, 0.3) is 0 Å². The lowest BCUT2D eigenvalue weighted by Crippen LogP contribution is -2.44. The molecule has 0 unspecified atom stereocenters. The number of aliphatic hydroxyl groups is 1. The Bertz CT molecular complexity index is 448. The van der Waals surface area contributed by atoms with Gasteiger partial charge in [-0.15, -0.1) is 0 Å². The monoisotopic (exact) mass is 295 g/mol. The second-order valence-corrected chi connectivity index (χ2v) is 5.47. The normalized spacial score (nSPS) is 12.4. The predicted octanol–water partition coefficient (Wildman–Crippen LogP) is 2.37. The first-order valence-corrected chi connectivity index (χ1v) is 7.16. The molecular weight excluding hydrogens is 270 g/mol. The molecule has 1 amide bonds. The van der Waals surface area contributed by atoms with Crippen molar-refractivity contribution in [1.82, 2.24) is 4.90 Å². The maximum absolute atomic E-state index is 11.6. The highest BCUT2D eigenvalue weighted by Crippen LogP contribution is 2.17. The molecule has 0 aliphatic rings. The van der Waals surface area contributed by atoms with Crippen LogP contribution in [-0.4, -0.2) is 47.6 Å². The number of hydrogen-bond acceptors (Lipinski definition) is 3. The van der Waals surface area contributed by atoms with Crippen LogP contribution < -0.4 is 0 Å². The summed E-state index contributed by atoms with van der Waals surface area (Å²) < 4.78 is 5.16. The van der Waals surface area contributed by atoms with E-state index in [1.807, 2.05) is 38.1 Å². The molecule has 0 fully saturated rings. The van der Waals surface area contributed by atoms with E-state index >= 15 is 0 Å². The van der Waals surface area contributed by atoms with E-state index in [0.29, 0.717) is 19.6 Å². The van der Waals surface area contributed by atoms with E-state index in [-0.39, 0.29) is 18.6 Å². The second-order valence-electron chi connectivity index (χ2n) is 5.47. The van der Waals surface area contributed by atoms with Gasteiger partial charge in [-0.25, -0.2) is 4.79 Å². The number of amides is 1. The molecule has 0 aliphatic heterocycles. The van der Waals surface area contributed by atoms with Crippen molar-refractivity contribution in [3.63, 3.8) is 0 Å². The molecule has 2 N–H and O–H groups in total. The smallest absolute Gasteiger partial charge is 0.407 e. The predicted molar refractivity (Wildman–Crippen MR) is 81.3 cm³/mol. The molecule has 21 heavy (non-hydrogen) atoms. The largest absolute Gasteiger partial charge is 0.465 e. The molecule has 118 valence electrons. The summed E-state index contributed by atoms with van der Waals surface area (Å²) >= 11 is 0. The number of methoxy groups -OCH3 is 1. The third-order valence-electron chi connectivity index (χ3n) is 3.50. The summed E-state index contributed by atoms with van der Waals surface area (Å²) in [5, 5.41) is 18.5. The van der Waals surface area contributed by atoms with Gasteiger partial charge in [0, 0.05) is 20.3 Å². The van der Waals surface area contributed by atoms with E-state index in [9.17, 15) is 9.90 Å². The summed E-state index contributed by atoms with van der Waals surface area (Å²) in [4.78, 5) is 13.0. The van der Waals surface area contributed by atoms with Gasteiger partial charge in [0.25, 0.3) is 0 Å². The minimum Gasteiger partial charge on any atom is -0.465 e. The molecule has 0 heterocycles. The standard InChI is InChI=1S/C16H25NO4/c1-12(2)15(11-21-3)17(16(19)20)10-14-6-4-5-13(9-14)7-8-18/h4-6,9,12,15,18H,7-8,10-11H2,1-3H3,(H,19,20)/t15-/m0/s1. The van der Waals surface area contributed by atoms with Gasteiger partial charge in [-0.2, -0.15) is 0 Å². The van der Waals surface area contributed by atoms with E-state index in [1.165, 1.54) is 4.90 Å². The summed E-state index contributed by atoms with van der Waals surface area (Å²) in [5.41, 5.74) is 1.93. The molecule has 0 spiro atoms. The average molecular weight is 295 g/mol. The highest BCUT2D eigenvalue weighted by molar-refractivity contribution is 5.65. The van der Waals surface area contributed by atoms with E-state index in [0.717, 1.165) is 11.1 Å². The lowest BCUT2D eigenvalue weighted by Gasteiger charge is -2.32. The lowest BCUT2D eigenvalue weighted by atomic mass is 10.0. The quantitative estimate of drug-likeness (QED) is 0.772. The topological polar surface area (TPSA) is 70.0 Å². The highest BCUT2D eigenvalue weighted by atomic mass is 16.5. The van der Waals surface area contributed by atoms with Crippen molar-refractivity contribution in [1.29, 1.82) is 0 Å². The summed E-state index contributed by atoms with van der Waals surface area (Å²) in [5.74, 6) is 0.168. The van der Waals surface area contributed by atoms with E-state index < -0.39 is 6.09 Å². The summed E-state index contributed by atoms with van der Waals surface area (Å²) in [6.07, 6.45) is -0.370.